The van der Waals surface area contributed by atoms with E-state index >= 15 is 0 Å². The Morgan fingerprint density at radius 1 is 1.23 bits per heavy atom. The summed E-state index contributed by atoms with van der Waals surface area (Å²) in [6, 6.07) is 7.16. The third-order valence-electron chi connectivity index (χ3n) is 5.17. The van der Waals surface area contributed by atoms with E-state index in [9.17, 15) is 9.59 Å². The molecular weight excluding hydrogens is 354 g/mol. The number of hydrogen-bond acceptors (Lipinski definition) is 4. The highest BCUT2D eigenvalue weighted by atomic mass is 35.5. The number of hydrogen-bond donors (Lipinski definition) is 1. The predicted octanol–water partition coefficient (Wildman–Crippen LogP) is 3.31. The van der Waals surface area contributed by atoms with Crippen LogP contribution in [0.3, 0.4) is 0 Å². The van der Waals surface area contributed by atoms with Gasteiger partial charge < -0.3 is 14.6 Å². The Hall–Kier alpha value is -2.34. The Kier molecular flexibility index (Phi) is 4.68. The maximum Gasteiger partial charge on any atom is 0.228 e. The van der Waals surface area contributed by atoms with Crippen molar-refractivity contribution in [3.63, 3.8) is 0 Å². The summed E-state index contributed by atoms with van der Waals surface area (Å²) < 4.78 is 5.40. The number of carbonyl (C=O) groups excluding carboxylic acids is 2. The molecular formula is C19H20ClN3O3. The number of carbonyl (C=O) groups is 2. The summed E-state index contributed by atoms with van der Waals surface area (Å²) in [4.78, 5) is 31.0. The second kappa shape index (κ2) is 7.11. The van der Waals surface area contributed by atoms with Crippen molar-refractivity contribution in [3.8, 4) is 0 Å². The number of amides is 2. The van der Waals surface area contributed by atoms with Crippen LogP contribution in [0.15, 0.2) is 41.1 Å². The van der Waals surface area contributed by atoms with E-state index in [0.717, 1.165) is 12.2 Å². The molecule has 1 N–H and O–H groups in total. The minimum atomic E-state index is -0.100. The van der Waals surface area contributed by atoms with Gasteiger partial charge in [0, 0.05) is 37.0 Å². The Labute approximate surface area is 156 Å². The van der Waals surface area contributed by atoms with Crippen LogP contribution in [-0.2, 0) is 9.59 Å². The molecule has 2 aromatic heterocycles. The van der Waals surface area contributed by atoms with Crippen LogP contribution < -0.4 is 5.32 Å². The maximum absolute atomic E-state index is 12.6. The molecule has 26 heavy (non-hydrogen) atoms. The Balaban J connectivity index is 1.27. The van der Waals surface area contributed by atoms with Crippen LogP contribution in [-0.4, -0.2) is 34.8 Å². The van der Waals surface area contributed by atoms with Crippen LogP contribution in [0.5, 0.6) is 0 Å². The lowest BCUT2D eigenvalue weighted by molar-refractivity contribution is -0.135. The Morgan fingerprint density at radius 2 is 2.04 bits per heavy atom. The SMILES string of the molecule is O=C(Nc1ccc(Cl)cn1)C1CCN(C(=O)C2CC2c2ccco2)CC1. The molecule has 2 unspecified atom stereocenters. The van der Waals surface area contributed by atoms with Gasteiger partial charge in [0.15, 0.2) is 0 Å². The van der Waals surface area contributed by atoms with Crippen molar-refractivity contribution in [2.24, 2.45) is 11.8 Å². The number of furan rings is 1. The normalized spacial score (nSPS) is 22.9. The maximum atomic E-state index is 12.6. The lowest BCUT2D eigenvalue weighted by Gasteiger charge is -2.31. The van der Waals surface area contributed by atoms with Crippen LogP contribution >= 0.6 is 11.6 Å². The van der Waals surface area contributed by atoms with E-state index in [4.69, 9.17) is 16.0 Å². The molecule has 2 fully saturated rings. The molecule has 0 bridgehead atoms. The van der Waals surface area contributed by atoms with Gasteiger partial charge in [0.05, 0.1) is 11.3 Å². The molecule has 1 aliphatic carbocycles. The fourth-order valence-electron chi connectivity index (χ4n) is 3.56. The average Bonchev–Trinajstić information content (AvgIpc) is 3.27. The molecule has 3 heterocycles. The zero-order chi connectivity index (χ0) is 18.1. The van der Waals surface area contributed by atoms with Crippen LogP contribution in [0.2, 0.25) is 5.02 Å². The lowest BCUT2D eigenvalue weighted by atomic mass is 9.95. The molecule has 2 aromatic rings. The van der Waals surface area contributed by atoms with Crippen molar-refractivity contribution in [1.82, 2.24) is 9.88 Å². The van der Waals surface area contributed by atoms with E-state index in [1.54, 1.807) is 18.4 Å². The highest BCUT2D eigenvalue weighted by Crippen LogP contribution is 2.48. The molecule has 0 radical (unpaired) electrons. The van der Waals surface area contributed by atoms with Crippen molar-refractivity contribution in [1.29, 1.82) is 0 Å². The second-order valence-corrected chi connectivity index (χ2v) is 7.35. The van der Waals surface area contributed by atoms with Crippen LogP contribution in [0, 0.1) is 11.8 Å². The van der Waals surface area contributed by atoms with E-state index in [1.807, 2.05) is 17.0 Å². The number of nitrogens with zero attached hydrogens (tertiary/aromatic N) is 2. The van der Waals surface area contributed by atoms with Crippen molar-refractivity contribution in [3.05, 3.63) is 47.5 Å². The molecule has 6 nitrogen and oxygen atoms in total. The minimum Gasteiger partial charge on any atom is -0.469 e. The van der Waals surface area contributed by atoms with Gasteiger partial charge in [0.1, 0.15) is 11.6 Å². The van der Waals surface area contributed by atoms with Crippen molar-refractivity contribution in [2.45, 2.75) is 25.2 Å². The summed E-state index contributed by atoms with van der Waals surface area (Å²) >= 11 is 5.80. The first-order valence-electron chi connectivity index (χ1n) is 8.86. The van der Waals surface area contributed by atoms with Gasteiger partial charge in [0.2, 0.25) is 11.8 Å². The highest BCUT2D eigenvalue weighted by molar-refractivity contribution is 6.30. The molecule has 0 aromatic carbocycles. The zero-order valence-electron chi connectivity index (χ0n) is 14.2. The molecule has 4 rings (SSSR count). The molecule has 2 amide bonds. The summed E-state index contributed by atoms with van der Waals surface area (Å²) in [6.07, 6.45) is 5.35. The van der Waals surface area contributed by atoms with E-state index < -0.39 is 0 Å². The zero-order valence-corrected chi connectivity index (χ0v) is 15.0. The first-order chi connectivity index (χ1) is 12.6. The number of aromatic nitrogens is 1. The minimum absolute atomic E-state index is 0.0322. The third-order valence-corrected chi connectivity index (χ3v) is 5.40. The lowest BCUT2D eigenvalue weighted by Crippen LogP contribution is -2.42. The topological polar surface area (TPSA) is 75.4 Å². The number of anilines is 1. The van der Waals surface area contributed by atoms with E-state index in [-0.39, 0.29) is 29.6 Å². The summed E-state index contributed by atoms with van der Waals surface area (Å²) in [5.41, 5.74) is 0. The monoisotopic (exact) mass is 373 g/mol. The summed E-state index contributed by atoms with van der Waals surface area (Å²) in [7, 11) is 0. The first kappa shape index (κ1) is 17.1. The summed E-state index contributed by atoms with van der Waals surface area (Å²) in [5.74, 6) is 1.68. The molecule has 1 saturated heterocycles. The van der Waals surface area contributed by atoms with Crippen molar-refractivity contribution < 1.29 is 14.0 Å². The fourth-order valence-corrected chi connectivity index (χ4v) is 3.67. The summed E-state index contributed by atoms with van der Waals surface area (Å²) in [5, 5.41) is 3.35. The third kappa shape index (κ3) is 3.60. The average molecular weight is 374 g/mol. The summed E-state index contributed by atoms with van der Waals surface area (Å²) in [6.45, 7) is 1.23. The number of pyridine rings is 1. The number of halogens is 1. The van der Waals surface area contributed by atoms with Gasteiger partial charge in [-0.2, -0.15) is 0 Å². The first-order valence-corrected chi connectivity index (χ1v) is 9.24. The highest BCUT2D eigenvalue weighted by Gasteiger charge is 2.48. The molecule has 2 aliphatic rings. The van der Waals surface area contributed by atoms with E-state index in [1.165, 1.54) is 6.20 Å². The van der Waals surface area contributed by atoms with Gasteiger partial charge in [0.25, 0.3) is 0 Å². The molecule has 1 saturated carbocycles. The van der Waals surface area contributed by atoms with E-state index in [0.29, 0.717) is 36.8 Å². The van der Waals surface area contributed by atoms with Gasteiger partial charge in [-0.3, -0.25) is 9.59 Å². The van der Waals surface area contributed by atoms with Gasteiger partial charge in [-0.15, -0.1) is 0 Å². The van der Waals surface area contributed by atoms with Gasteiger partial charge in [-0.05, 0) is 43.5 Å². The van der Waals surface area contributed by atoms with E-state index in [2.05, 4.69) is 10.3 Å². The van der Waals surface area contributed by atoms with Crippen LogP contribution in [0.25, 0.3) is 0 Å². The number of likely N-dealkylation sites (tertiary alicyclic amines) is 1. The van der Waals surface area contributed by atoms with Gasteiger partial charge in [-0.1, -0.05) is 11.6 Å². The second-order valence-electron chi connectivity index (χ2n) is 6.91. The number of nitrogens with one attached hydrogen (secondary N) is 1. The van der Waals surface area contributed by atoms with Gasteiger partial charge in [-0.25, -0.2) is 4.98 Å². The van der Waals surface area contributed by atoms with Crippen molar-refractivity contribution in [2.75, 3.05) is 18.4 Å². The van der Waals surface area contributed by atoms with Crippen LogP contribution in [0.1, 0.15) is 30.9 Å². The number of rotatable bonds is 4. The largest absolute Gasteiger partial charge is 0.469 e. The predicted molar refractivity (Wildman–Crippen MR) is 96.7 cm³/mol. The standard InChI is InChI=1S/C19H20ClN3O3/c20-13-3-4-17(21-11-13)22-18(24)12-5-7-23(8-6-12)19(25)15-10-14(15)16-2-1-9-26-16/h1-4,9,11-12,14-15H,5-8,10H2,(H,21,22,24). The van der Waals surface area contributed by atoms with Gasteiger partial charge >= 0.3 is 0 Å². The smallest absolute Gasteiger partial charge is 0.228 e. The molecule has 2 atom stereocenters. The number of piperidine rings is 1. The molecule has 136 valence electrons. The molecule has 7 heteroatoms. The molecule has 1 aliphatic heterocycles. The molecule has 0 spiro atoms. The Morgan fingerprint density at radius 3 is 2.69 bits per heavy atom. The van der Waals surface area contributed by atoms with Crippen molar-refractivity contribution >= 4 is 29.2 Å². The quantitative estimate of drug-likeness (QED) is 0.892. The Bertz CT molecular complexity index is 783. The van der Waals surface area contributed by atoms with Crippen LogP contribution in [0.4, 0.5) is 5.82 Å². The fraction of sp³-hybridized carbons (Fsp3) is 0.421.